The van der Waals surface area contributed by atoms with Crippen molar-refractivity contribution < 1.29 is 4.74 Å². The summed E-state index contributed by atoms with van der Waals surface area (Å²) in [5, 5.41) is 0. The maximum absolute atomic E-state index is 4.92. The molecule has 0 aliphatic heterocycles. The van der Waals surface area contributed by atoms with Crippen molar-refractivity contribution >= 4 is 0 Å². The summed E-state index contributed by atoms with van der Waals surface area (Å²) >= 11 is 0. The molecule has 0 saturated heterocycles. The molecule has 0 aromatic carbocycles. The molecule has 1 heteroatoms. The van der Waals surface area contributed by atoms with E-state index in [1.807, 2.05) is 0 Å². The highest BCUT2D eigenvalue weighted by molar-refractivity contribution is 4.63. The van der Waals surface area contributed by atoms with Crippen LogP contribution >= 0.6 is 0 Å². The molecule has 0 unspecified atom stereocenters. The van der Waals surface area contributed by atoms with Crippen molar-refractivity contribution in [3.63, 3.8) is 0 Å². The topological polar surface area (TPSA) is 9.23 Å². The van der Waals surface area contributed by atoms with E-state index in [-0.39, 0.29) is 0 Å². The van der Waals surface area contributed by atoms with Gasteiger partial charge in [0.15, 0.2) is 0 Å². The van der Waals surface area contributed by atoms with E-state index in [4.69, 9.17) is 4.74 Å². The molecule has 0 spiro atoms. The Morgan fingerprint density at radius 2 is 2.50 bits per heavy atom. The lowest BCUT2D eigenvalue weighted by molar-refractivity contribution is 0.244. The normalized spacial score (nSPS) is 7.62. The molecule has 0 fully saturated rings. The highest BCUT2D eigenvalue weighted by atomic mass is 16.5. The first kappa shape index (κ1) is 7.32. The van der Waals surface area contributed by atoms with Gasteiger partial charge in [0.1, 0.15) is 6.26 Å². The molecule has 0 rings (SSSR count). The molecule has 0 heterocycles. The molecule has 0 N–H and O–H groups in total. The minimum Gasteiger partial charge on any atom is -0.493 e. The fraction of sp³-hybridized carbons (Fsp3) is 0.571. The third-order valence-electron chi connectivity index (χ3n) is 0.782. The van der Waals surface area contributed by atoms with E-state index in [9.17, 15) is 0 Å². The van der Waals surface area contributed by atoms with Gasteiger partial charge in [-0.15, -0.1) is 0 Å². The molecule has 0 saturated carbocycles. The lowest BCUT2D eigenvalue weighted by Gasteiger charge is -1.93. The molecule has 0 aliphatic carbocycles. The number of ether oxygens (including phenoxy) is 1. The van der Waals surface area contributed by atoms with Crippen LogP contribution < -0.4 is 0 Å². The Balaban J connectivity index is 2.82. The predicted molar refractivity (Wildman–Crippen MR) is 34.6 cm³/mol. The van der Waals surface area contributed by atoms with Crippen molar-refractivity contribution in [3.8, 4) is 0 Å². The third kappa shape index (κ3) is 5.32. The highest BCUT2D eigenvalue weighted by Crippen LogP contribution is 1.86. The second kappa shape index (κ2) is 6.32. The Morgan fingerprint density at radius 3 is 3.00 bits per heavy atom. The molecule has 1 nitrogen and oxygen atoms in total. The summed E-state index contributed by atoms with van der Waals surface area (Å²) in [6.45, 7) is 6.27. The summed E-state index contributed by atoms with van der Waals surface area (Å²) in [4.78, 5) is 0. The fourth-order valence-corrected chi connectivity index (χ4v) is 0.346. The average Bonchev–Trinajstić information content (AvgIpc) is 1.81. The van der Waals surface area contributed by atoms with Crippen molar-refractivity contribution in [1.29, 1.82) is 0 Å². The molecule has 0 aliphatic rings. The quantitative estimate of drug-likeness (QED) is 0.307. The number of hydrogen-bond donors (Lipinski definition) is 0. The maximum atomic E-state index is 4.92. The van der Waals surface area contributed by atoms with Crippen molar-refractivity contribution in [2.24, 2.45) is 0 Å². The Bertz CT molecular complexity index is 80.4. The zero-order valence-corrected chi connectivity index (χ0v) is 5.31. The smallest absolute Gasteiger partial charge is 0.124 e. The summed E-state index contributed by atoms with van der Waals surface area (Å²) in [5.41, 5.74) is 2.53. The van der Waals surface area contributed by atoms with Crippen LogP contribution in [0.1, 0.15) is 19.8 Å². The zero-order valence-electron chi connectivity index (χ0n) is 5.31. The molecule has 0 bridgehead atoms. The van der Waals surface area contributed by atoms with Gasteiger partial charge in [-0.25, -0.2) is 0 Å². The van der Waals surface area contributed by atoms with Crippen molar-refractivity contribution in [1.82, 2.24) is 0 Å². The van der Waals surface area contributed by atoms with Gasteiger partial charge < -0.3 is 4.74 Å². The Morgan fingerprint density at radius 1 is 1.75 bits per heavy atom. The van der Waals surface area contributed by atoms with Crippen molar-refractivity contribution in [3.05, 3.63) is 18.6 Å². The van der Waals surface area contributed by atoms with Crippen molar-refractivity contribution in [2.45, 2.75) is 19.8 Å². The Hall–Kier alpha value is -0.680. The minimum absolute atomic E-state index is 0.791. The van der Waals surface area contributed by atoms with Gasteiger partial charge in [0.05, 0.1) is 6.61 Å². The van der Waals surface area contributed by atoms with Gasteiger partial charge in [-0.2, -0.15) is 0 Å². The molecule has 0 radical (unpaired) electrons. The van der Waals surface area contributed by atoms with Crippen LogP contribution in [0.15, 0.2) is 18.6 Å². The number of rotatable bonds is 4. The molecular formula is C7H12O. The molecule has 0 atom stereocenters. The lowest BCUT2D eigenvalue weighted by atomic mass is 10.4. The molecule has 0 aromatic rings. The van der Waals surface area contributed by atoms with E-state index < -0.39 is 0 Å². The van der Waals surface area contributed by atoms with Gasteiger partial charge in [-0.3, -0.25) is 0 Å². The first-order chi connectivity index (χ1) is 3.91. The second-order valence-corrected chi connectivity index (χ2v) is 1.55. The zero-order chi connectivity index (χ0) is 6.24. The molecular weight excluding hydrogens is 100 g/mol. The van der Waals surface area contributed by atoms with Crippen LogP contribution in [0.5, 0.6) is 0 Å². The van der Waals surface area contributed by atoms with Crippen molar-refractivity contribution in [2.75, 3.05) is 6.61 Å². The SMILES string of the molecule is C=C=COCCCC. The molecule has 0 amide bonds. The highest BCUT2D eigenvalue weighted by Gasteiger charge is 1.77. The van der Waals surface area contributed by atoms with Crippen LogP contribution in [0, 0.1) is 0 Å². The lowest BCUT2D eigenvalue weighted by Crippen LogP contribution is -1.83. The van der Waals surface area contributed by atoms with E-state index >= 15 is 0 Å². The molecule has 8 heavy (non-hydrogen) atoms. The van der Waals surface area contributed by atoms with Crippen LogP contribution in [0.4, 0.5) is 0 Å². The van der Waals surface area contributed by atoms with E-state index in [1.54, 1.807) is 0 Å². The van der Waals surface area contributed by atoms with E-state index in [0.717, 1.165) is 13.0 Å². The number of unbranched alkanes of at least 4 members (excludes halogenated alkanes) is 1. The van der Waals surface area contributed by atoms with Gasteiger partial charge in [0, 0.05) is 0 Å². The van der Waals surface area contributed by atoms with Crippen LogP contribution in [-0.2, 0) is 4.74 Å². The minimum atomic E-state index is 0.791. The summed E-state index contributed by atoms with van der Waals surface area (Å²) in [6.07, 6.45) is 3.78. The number of hydrogen-bond acceptors (Lipinski definition) is 1. The largest absolute Gasteiger partial charge is 0.493 e. The maximum Gasteiger partial charge on any atom is 0.124 e. The van der Waals surface area contributed by atoms with Gasteiger partial charge in [0.2, 0.25) is 0 Å². The van der Waals surface area contributed by atoms with E-state index in [2.05, 4.69) is 19.2 Å². The summed E-state index contributed by atoms with van der Waals surface area (Å²) in [6, 6.07) is 0. The monoisotopic (exact) mass is 112 g/mol. The fourth-order valence-electron chi connectivity index (χ4n) is 0.346. The predicted octanol–water partition coefficient (Wildman–Crippen LogP) is 2.10. The average molecular weight is 112 g/mol. The molecule has 0 aromatic heterocycles. The van der Waals surface area contributed by atoms with Gasteiger partial charge >= 0.3 is 0 Å². The summed E-state index contributed by atoms with van der Waals surface area (Å²) in [7, 11) is 0. The Kier molecular flexibility index (Phi) is 5.78. The van der Waals surface area contributed by atoms with Gasteiger partial charge in [-0.05, 0) is 6.42 Å². The Labute approximate surface area is 50.7 Å². The first-order valence-corrected chi connectivity index (χ1v) is 2.87. The summed E-state index contributed by atoms with van der Waals surface area (Å²) in [5.74, 6) is 0. The van der Waals surface area contributed by atoms with Gasteiger partial charge in [-0.1, -0.05) is 25.7 Å². The van der Waals surface area contributed by atoms with Gasteiger partial charge in [0.25, 0.3) is 0 Å². The standard InChI is InChI=1S/C7H12O/c1-3-5-7-8-6-4-2/h6H,2-3,5,7H2,1H3. The molecule has 46 valence electrons. The van der Waals surface area contributed by atoms with Crippen LogP contribution in [0.3, 0.4) is 0 Å². The van der Waals surface area contributed by atoms with E-state index in [0.29, 0.717) is 0 Å². The van der Waals surface area contributed by atoms with Crippen LogP contribution in [0.25, 0.3) is 0 Å². The van der Waals surface area contributed by atoms with Crippen LogP contribution in [-0.4, -0.2) is 6.61 Å². The third-order valence-corrected chi connectivity index (χ3v) is 0.782. The first-order valence-electron chi connectivity index (χ1n) is 2.87. The summed E-state index contributed by atoms with van der Waals surface area (Å²) < 4.78 is 4.92. The van der Waals surface area contributed by atoms with Crippen LogP contribution in [0.2, 0.25) is 0 Å². The second-order valence-electron chi connectivity index (χ2n) is 1.55. The van der Waals surface area contributed by atoms with E-state index in [1.165, 1.54) is 12.7 Å².